The molecule has 9 nitrogen and oxygen atoms in total. The van der Waals surface area contributed by atoms with Gasteiger partial charge in [0, 0.05) is 12.5 Å². The van der Waals surface area contributed by atoms with Gasteiger partial charge in [-0.3, -0.25) is 9.59 Å². The monoisotopic (exact) mass is 449 g/mol. The van der Waals surface area contributed by atoms with Crippen molar-refractivity contribution in [2.24, 2.45) is 5.92 Å². The van der Waals surface area contributed by atoms with E-state index < -0.39 is 41.2 Å². The molecule has 3 rings (SSSR count). The Kier molecular flexibility index (Phi) is 7.15. The summed E-state index contributed by atoms with van der Waals surface area (Å²) < 4.78 is 5.33. The van der Waals surface area contributed by atoms with Crippen molar-refractivity contribution in [3.63, 3.8) is 0 Å². The first kappa shape index (κ1) is 24.1. The van der Waals surface area contributed by atoms with Crippen molar-refractivity contribution in [2.75, 3.05) is 6.54 Å². The van der Waals surface area contributed by atoms with Gasteiger partial charge < -0.3 is 25.4 Å². The van der Waals surface area contributed by atoms with Crippen molar-refractivity contribution >= 4 is 23.9 Å². The maximum Gasteiger partial charge on any atom is 0.408 e. The Morgan fingerprint density at radius 3 is 2.62 bits per heavy atom. The second-order valence-corrected chi connectivity index (χ2v) is 10.0. The number of carbonyl (C=O) groups is 4. The van der Waals surface area contributed by atoms with E-state index in [4.69, 9.17) is 4.74 Å². The molecule has 2 aliphatic heterocycles. The fraction of sp³-hybridized carbons (Fsp3) is 0.739. The SMILES string of the molecule is CC(C)(C)OC(=O)NC1CCCCC/C=C\[C@H]2C[C@@]2(C(=O)O)NC(=O)[C@@H]2CCCN2C1=O. The molecule has 0 spiro atoms. The van der Waals surface area contributed by atoms with Crippen molar-refractivity contribution in [2.45, 2.75) is 95.4 Å². The first-order chi connectivity index (χ1) is 15.0. The Morgan fingerprint density at radius 1 is 1.19 bits per heavy atom. The summed E-state index contributed by atoms with van der Waals surface area (Å²) in [5.41, 5.74) is -1.99. The molecule has 0 aromatic rings. The number of aliphatic carboxylic acids is 1. The molecule has 4 atom stereocenters. The van der Waals surface area contributed by atoms with E-state index in [9.17, 15) is 24.3 Å². The molecule has 9 heteroatoms. The Bertz CT molecular complexity index is 789. The number of alkyl carbamates (subject to hydrolysis) is 1. The lowest BCUT2D eigenvalue weighted by atomic mass is 10.0. The van der Waals surface area contributed by atoms with Crippen LogP contribution in [0.25, 0.3) is 0 Å². The number of amides is 3. The number of allylic oxidation sites excluding steroid dienone is 1. The summed E-state index contributed by atoms with van der Waals surface area (Å²) in [6, 6.07) is -1.53. The number of carboxylic acid groups (broad SMARTS) is 1. The van der Waals surface area contributed by atoms with E-state index in [1.807, 2.05) is 12.2 Å². The molecule has 2 heterocycles. The molecule has 1 aliphatic carbocycles. The predicted octanol–water partition coefficient (Wildman–Crippen LogP) is 2.35. The lowest BCUT2D eigenvalue weighted by Gasteiger charge is -2.30. The fourth-order valence-corrected chi connectivity index (χ4v) is 4.52. The molecule has 3 aliphatic rings. The second kappa shape index (κ2) is 9.50. The fourth-order valence-electron chi connectivity index (χ4n) is 4.52. The van der Waals surface area contributed by atoms with Crippen LogP contribution in [0.3, 0.4) is 0 Å². The van der Waals surface area contributed by atoms with E-state index >= 15 is 0 Å². The van der Waals surface area contributed by atoms with Crippen LogP contribution in [0.5, 0.6) is 0 Å². The van der Waals surface area contributed by atoms with Gasteiger partial charge in [0.25, 0.3) is 0 Å². The van der Waals surface area contributed by atoms with Gasteiger partial charge in [-0.15, -0.1) is 0 Å². The van der Waals surface area contributed by atoms with Gasteiger partial charge in [0.2, 0.25) is 11.8 Å². The second-order valence-electron chi connectivity index (χ2n) is 10.0. The van der Waals surface area contributed by atoms with Crippen LogP contribution in [0.1, 0.15) is 72.1 Å². The van der Waals surface area contributed by atoms with Crippen LogP contribution in [0.15, 0.2) is 12.2 Å². The quantitative estimate of drug-likeness (QED) is 0.556. The van der Waals surface area contributed by atoms with Gasteiger partial charge >= 0.3 is 12.1 Å². The van der Waals surface area contributed by atoms with Crippen molar-refractivity contribution in [3.8, 4) is 0 Å². The zero-order valence-electron chi connectivity index (χ0n) is 19.2. The van der Waals surface area contributed by atoms with Crippen LogP contribution < -0.4 is 10.6 Å². The number of carbonyl (C=O) groups excluding carboxylic acids is 3. The third kappa shape index (κ3) is 5.61. The maximum absolute atomic E-state index is 13.4. The molecule has 2 fully saturated rings. The highest BCUT2D eigenvalue weighted by atomic mass is 16.6. The van der Waals surface area contributed by atoms with Gasteiger partial charge in [0.1, 0.15) is 23.2 Å². The molecular weight excluding hydrogens is 414 g/mol. The standard InChI is InChI=1S/C23H35N3O6/c1-22(2,3)32-21(31)24-16-11-8-6-4-5-7-10-15-14-23(15,20(29)30)25-18(27)17-12-9-13-26(17)19(16)28/h7,10,15-17H,4-6,8-9,11-14H2,1-3H3,(H,24,31)(H,25,27)(H,29,30)/b10-7-/t15-,16?,17-,23+/m0/s1. The maximum atomic E-state index is 13.4. The summed E-state index contributed by atoms with van der Waals surface area (Å²) in [6.45, 7) is 5.65. The van der Waals surface area contributed by atoms with Crippen LogP contribution in [0, 0.1) is 5.92 Å². The van der Waals surface area contributed by atoms with Crippen molar-refractivity contribution in [1.29, 1.82) is 0 Å². The predicted molar refractivity (Wildman–Crippen MR) is 117 cm³/mol. The number of carboxylic acids is 1. The summed E-state index contributed by atoms with van der Waals surface area (Å²) in [5, 5.41) is 15.2. The molecule has 1 unspecified atom stereocenters. The van der Waals surface area contributed by atoms with Gasteiger partial charge in [0.05, 0.1) is 0 Å². The number of hydrogen-bond donors (Lipinski definition) is 3. The molecule has 3 N–H and O–H groups in total. The van der Waals surface area contributed by atoms with E-state index in [0.29, 0.717) is 32.2 Å². The van der Waals surface area contributed by atoms with E-state index in [1.54, 1.807) is 20.8 Å². The highest BCUT2D eigenvalue weighted by Crippen LogP contribution is 2.45. The number of ether oxygens (including phenoxy) is 1. The number of nitrogens with one attached hydrogen (secondary N) is 2. The lowest BCUT2D eigenvalue weighted by molar-refractivity contribution is -0.145. The number of nitrogens with zero attached hydrogens (tertiary/aromatic N) is 1. The molecule has 32 heavy (non-hydrogen) atoms. The Balaban J connectivity index is 1.79. The first-order valence-corrected chi connectivity index (χ1v) is 11.6. The third-order valence-electron chi connectivity index (χ3n) is 6.30. The molecular formula is C23H35N3O6. The molecule has 3 amide bonds. The minimum atomic E-state index is -1.29. The van der Waals surface area contributed by atoms with E-state index in [-0.39, 0.29) is 11.8 Å². The zero-order valence-corrected chi connectivity index (χ0v) is 19.2. The average Bonchev–Trinajstić information content (AvgIpc) is 3.16. The summed E-state index contributed by atoms with van der Waals surface area (Å²) in [4.78, 5) is 52.2. The van der Waals surface area contributed by atoms with Crippen LogP contribution in [-0.4, -0.2) is 63.7 Å². The largest absolute Gasteiger partial charge is 0.479 e. The highest BCUT2D eigenvalue weighted by Gasteiger charge is 2.61. The minimum Gasteiger partial charge on any atom is -0.479 e. The van der Waals surface area contributed by atoms with E-state index in [0.717, 1.165) is 25.7 Å². The van der Waals surface area contributed by atoms with Gasteiger partial charge in [-0.2, -0.15) is 0 Å². The lowest BCUT2D eigenvalue weighted by Crippen LogP contribution is -2.56. The molecule has 0 aromatic heterocycles. The number of fused-ring (bicyclic) bond motifs is 2. The van der Waals surface area contributed by atoms with Gasteiger partial charge in [0.15, 0.2) is 0 Å². The van der Waals surface area contributed by atoms with Crippen LogP contribution in [0.2, 0.25) is 0 Å². The van der Waals surface area contributed by atoms with Crippen molar-refractivity contribution in [3.05, 3.63) is 12.2 Å². The highest BCUT2D eigenvalue weighted by molar-refractivity contribution is 5.96. The van der Waals surface area contributed by atoms with Crippen molar-refractivity contribution in [1.82, 2.24) is 15.5 Å². The topological polar surface area (TPSA) is 125 Å². The molecule has 178 valence electrons. The van der Waals surface area contributed by atoms with Crippen LogP contribution in [0.4, 0.5) is 4.79 Å². The van der Waals surface area contributed by atoms with Crippen LogP contribution >= 0.6 is 0 Å². The van der Waals surface area contributed by atoms with Gasteiger partial charge in [-0.05, 0) is 59.3 Å². The number of hydrogen-bond acceptors (Lipinski definition) is 5. The van der Waals surface area contributed by atoms with Crippen molar-refractivity contribution < 1.29 is 29.0 Å². The van der Waals surface area contributed by atoms with Crippen LogP contribution in [-0.2, 0) is 19.1 Å². The first-order valence-electron chi connectivity index (χ1n) is 11.6. The zero-order chi connectivity index (χ0) is 23.5. The Labute approximate surface area is 188 Å². The summed E-state index contributed by atoms with van der Waals surface area (Å²) in [6.07, 6.45) is 8.43. The Morgan fingerprint density at radius 2 is 1.94 bits per heavy atom. The normalized spacial score (nSPS) is 32.5. The smallest absolute Gasteiger partial charge is 0.408 e. The molecule has 0 radical (unpaired) electrons. The summed E-state index contributed by atoms with van der Waals surface area (Å²) in [5.74, 6) is -2.05. The molecule has 0 bridgehead atoms. The molecule has 0 aromatic carbocycles. The van der Waals surface area contributed by atoms with Gasteiger partial charge in [-0.25, -0.2) is 9.59 Å². The number of rotatable bonds is 2. The summed E-state index contributed by atoms with van der Waals surface area (Å²) >= 11 is 0. The van der Waals surface area contributed by atoms with E-state index in [1.165, 1.54) is 4.90 Å². The average molecular weight is 450 g/mol. The van der Waals surface area contributed by atoms with Gasteiger partial charge in [-0.1, -0.05) is 25.0 Å². The molecule has 1 saturated heterocycles. The third-order valence-corrected chi connectivity index (χ3v) is 6.30. The molecule has 1 saturated carbocycles. The van der Waals surface area contributed by atoms with E-state index in [2.05, 4.69) is 10.6 Å². The Hall–Kier alpha value is -2.58. The minimum absolute atomic E-state index is 0.235. The summed E-state index contributed by atoms with van der Waals surface area (Å²) in [7, 11) is 0.